The molecule has 0 unspecified atom stereocenters. The molecule has 0 saturated carbocycles. The van der Waals surface area contributed by atoms with Crippen LogP contribution in [0.25, 0.3) is 0 Å². The molecule has 0 rings (SSSR count). The molecule has 0 bridgehead atoms. The molecule has 0 aromatic carbocycles. The molecule has 44 heavy (non-hydrogen) atoms. The van der Waals surface area contributed by atoms with Gasteiger partial charge in [0.25, 0.3) is 0 Å². The van der Waals surface area contributed by atoms with Crippen molar-refractivity contribution < 1.29 is 107 Å². The van der Waals surface area contributed by atoms with E-state index in [-0.39, 0.29) is 0 Å². The molecule has 0 radical (unpaired) electrons. The van der Waals surface area contributed by atoms with Gasteiger partial charge in [-0.1, -0.05) is 20.4 Å². The van der Waals surface area contributed by atoms with Gasteiger partial charge in [0.15, 0.2) is 13.2 Å². The summed E-state index contributed by atoms with van der Waals surface area (Å²) < 4.78 is 283. The maximum Gasteiger partial charge on any atom is 0.385 e. The Hall–Kier alpha value is -2.72. The highest BCUT2D eigenvalue weighted by molar-refractivity contribution is 5.86. The summed E-state index contributed by atoms with van der Waals surface area (Å²) in [7, 11) is 0. The zero-order valence-corrected chi connectivity index (χ0v) is 21.4. The summed E-state index contributed by atoms with van der Waals surface area (Å²) in [4.78, 5) is 22.0. The van der Waals surface area contributed by atoms with Crippen molar-refractivity contribution in [2.45, 2.75) is 80.0 Å². The fraction of sp³-hybridized carbons (Fsp3) is 0.800. The molecular formula is C20H16F20O4. The van der Waals surface area contributed by atoms with Gasteiger partial charge in [-0.25, -0.2) is 4.79 Å². The SMILES string of the molecule is C=C(C)C(=O)OCC(F)(F)C(F)(F)C(F)(F)C(F)(F)C(F)(F)C(F)(F)C(F)(F)C(F)(F)C(F)(F)C(F)(F)COC(=O)C(C)C. The van der Waals surface area contributed by atoms with Crippen LogP contribution in [-0.4, -0.2) is 84.4 Å². The summed E-state index contributed by atoms with van der Waals surface area (Å²) in [6.07, 6.45) is 0. The van der Waals surface area contributed by atoms with Crippen LogP contribution in [0.2, 0.25) is 0 Å². The molecule has 0 aromatic rings. The first-order valence-corrected chi connectivity index (χ1v) is 10.7. The molecule has 0 atom stereocenters. The molecule has 0 fully saturated rings. The summed E-state index contributed by atoms with van der Waals surface area (Å²) in [6, 6.07) is 0. The summed E-state index contributed by atoms with van der Waals surface area (Å²) in [5.41, 5.74) is -0.976. The summed E-state index contributed by atoms with van der Waals surface area (Å²) in [5, 5.41) is 0. The highest BCUT2D eigenvalue weighted by Gasteiger charge is 2.97. The van der Waals surface area contributed by atoms with Crippen molar-refractivity contribution in [1.29, 1.82) is 0 Å². The predicted molar refractivity (Wildman–Crippen MR) is 101 cm³/mol. The van der Waals surface area contributed by atoms with Crippen molar-refractivity contribution in [1.82, 2.24) is 0 Å². The molecular weight excluding hydrogens is 684 g/mol. The van der Waals surface area contributed by atoms with Gasteiger partial charge in [0.05, 0.1) is 5.92 Å². The largest absolute Gasteiger partial charge is 0.459 e. The molecule has 0 aliphatic rings. The monoisotopic (exact) mass is 700 g/mol. The average molecular weight is 700 g/mol. The van der Waals surface area contributed by atoms with Crippen molar-refractivity contribution in [3.05, 3.63) is 12.2 Å². The van der Waals surface area contributed by atoms with Crippen LogP contribution >= 0.6 is 0 Å². The first-order chi connectivity index (χ1) is 18.9. The summed E-state index contributed by atoms with van der Waals surface area (Å²) in [6.45, 7) is -2.06. The second-order valence-electron chi connectivity index (χ2n) is 9.12. The van der Waals surface area contributed by atoms with Gasteiger partial charge in [-0.15, -0.1) is 0 Å². The normalized spacial score (nSPS) is 15.4. The Kier molecular flexibility index (Phi) is 10.9. The van der Waals surface area contributed by atoms with E-state index in [1.54, 1.807) is 0 Å². The molecule has 0 spiro atoms. The minimum atomic E-state index is -9.19. The van der Waals surface area contributed by atoms with Crippen molar-refractivity contribution in [3.63, 3.8) is 0 Å². The summed E-state index contributed by atoms with van der Waals surface area (Å²) in [5.74, 6) is -89.9. The zero-order valence-electron chi connectivity index (χ0n) is 21.4. The van der Waals surface area contributed by atoms with Gasteiger partial charge in [-0.05, 0) is 6.92 Å². The quantitative estimate of drug-likeness (QED) is 0.100. The summed E-state index contributed by atoms with van der Waals surface area (Å²) >= 11 is 0. The van der Waals surface area contributed by atoms with Gasteiger partial charge in [0.1, 0.15) is 0 Å². The van der Waals surface area contributed by atoms with E-state index < -0.39 is 95.9 Å². The minimum Gasteiger partial charge on any atom is -0.459 e. The van der Waals surface area contributed by atoms with Gasteiger partial charge < -0.3 is 9.47 Å². The van der Waals surface area contributed by atoms with Crippen LogP contribution in [0.5, 0.6) is 0 Å². The Morgan fingerprint density at radius 1 is 0.500 bits per heavy atom. The Morgan fingerprint density at radius 3 is 0.955 bits per heavy atom. The molecule has 4 nitrogen and oxygen atoms in total. The van der Waals surface area contributed by atoms with Crippen LogP contribution in [0, 0.1) is 5.92 Å². The molecule has 0 aliphatic heterocycles. The molecule has 0 heterocycles. The number of rotatable bonds is 15. The van der Waals surface area contributed by atoms with E-state index in [2.05, 4.69) is 16.1 Å². The molecule has 260 valence electrons. The molecule has 0 aromatic heterocycles. The van der Waals surface area contributed by atoms with Crippen LogP contribution < -0.4 is 0 Å². The van der Waals surface area contributed by atoms with E-state index in [1.807, 2.05) is 0 Å². The molecule has 0 N–H and O–H groups in total. The lowest BCUT2D eigenvalue weighted by Gasteiger charge is -2.45. The highest BCUT2D eigenvalue weighted by Crippen LogP contribution is 2.66. The van der Waals surface area contributed by atoms with Crippen molar-refractivity contribution in [2.75, 3.05) is 13.2 Å². The van der Waals surface area contributed by atoms with E-state index in [0.717, 1.165) is 13.8 Å². The minimum absolute atomic E-state index is 0.581. The smallest absolute Gasteiger partial charge is 0.385 e. The second kappa shape index (κ2) is 11.6. The van der Waals surface area contributed by atoms with Crippen molar-refractivity contribution >= 4 is 11.9 Å². The van der Waals surface area contributed by atoms with Crippen LogP contribution in [0.1, 0.15) is 20.8 Å². The Balaban J connectivity index is 6.93. The molecule has 0 saturated heterocycles. The van der Waals surface area contributed by atoms with Crippen molar-refractivity contribution in [3.8, 4) is 0 Å². The first-order valence-electron chi connectivity index (χ1n) is 10.7. The number of hydrogen-bond donors (Lipinski definition) is 0. The first kappa shape index (κ1) is 41.3. The highest BCUT2D eigenvalue weighted by atomic mass is 19.4. The standard InChI is InChI=1S/C20H16F20O4/c1-7(2)9(41)43-5-11(21,22)13(25,26)15(29,30)17(33,34)19(37,38)20(39,40)18(35,36)16(31,32)14(27,28)12(23,24)6-44-10(42)8(3)4/h8H,1,5-6H2,2-4H3. The zero-order chi connectivity index (χ0) is 36.1. The van der Waals surface area contributed by atoms with Gasteiger partial charge >= 0.3 is 71.2 Å². The lowest BCUT2D eigenvalue weighted by atomic mass is 9.85. The van der Waals surface area contributed by atoms with Gasteiger partial charge in [-0.3, -0.25) is 4.79 Å². The lowest BCUT2D eigenvalue weighted by molar-refractivity contribution is -0.469. The second-order valence-corrected chi connectivity index (χ2v) is 9.12. The molecule has 0 aliphatic carbocycles. The number of hydrogen-bond acceptors (Lipinski definition) is 4. The number of carbonyl (C=O) groups excluding carboxylic acids is 2. The molecule has 0 amide bonds. The van der Waals surface area contributed by atoms with E-state index in [4.69, 9.17) is 0 Å². The van der Waals surface area contributed by atoms with E-state index in [1.165, 1.54) is 0 Å². The van der Waals surface area contributed by atoms with Gasteiger partial charge in [-0.2, -0.15) is 87.8 Å². The molecule has 24 heteroatoms. The predicted octanol–water partition coefficient (Wildman–Crippen LogP) is 7.66. The van der Waals surface area contributed by atoms with Crippen LogP contribution in [-0.2, 0) is 19.1 Å². The fourth-order valence-electron chi connectivity index (χ4n) is 2.43. The third kappa shape index (κ3) is 5.96. The maximum absolute atomic E-state index is 13.9. The third-order valence-electron chi connectivity index (χ3n) is 5.28. The van der Waals surface area contributed by atoms with Crippen LogP contribution in [0.3, 0.4) is 0 Å². The third-order valence-corrected chi connectivity index (χ3v) is 5.28. The van der Waals surface area contributed by atoms with E-state index in [9.17, 15) is 97.4 Å². The Bertz CT molecular complexity index is 1090. The number of ether oxygens (including phenoxy) is 2. The maximum atomic E-state index is 13.9. The number of halogens is 20. The number of alkyl halides is 20. The van der Waals surface area contributed by atoms with E-state index >= 15 is 0 Å². The van der Waals surface area contributed by atoms with Crippen molar-refractivity contribution in [2.24, 2.45) is 5.92 Å². The van der Waals surface area contributed by atoms with E-state index in [0.29, 0.717) is 6.92 Å². The number of carbonyl (C=O) groups is 2. The Morgan fingerprint density at radius 2 is 0.727 bits per heavy atom. The van der Waals surface area contributed by atoms with Gasteiger partial charge in [0.2, 0.25) is 0 Å². The average Bonchev–Trinajstić information content (AvgIpc) is 2.84. The fourth-order valence-corrected chi connectivity index (χ4v) is 2.43. The van der Waals surface area contributed by atoms with Gasteiger partial charge in [0, 0.05) is 5.57 Å². The Labute approximate surface area is 231 Å². The van der Waals surface area contributed by atoms with Crippen LogP contribution in [0.15, 0.2) is 12.2 Å². The van der Waals surface area contributed by atoms with Crippen LogP contribution in [0.4, 0.5) is 87.8 Å². The lowest BCUT2D eigenvalue weighted by Crippen LogP contribution is -2.77. The topological polar surface area (TPSA) is 52.6 Å². The number of esters is 2.